The molecule has 3 heterocycles. The lowest BCUT2D eigenvalue weighted by atomic mass is 9.62. The van der Waals surface area contributed by atoms with E-state index < -0.39 is 22.9 Å². The van der Waals surface area contributed by atoms with Crippen molar-refractivity contribution in [2.75, 3.05) is 39.8 Å². The summed E-state index contributed by atoms with van der Waals surface area (Å²) in [7, 11) is 2.11. The largest absolute Gasteiger partial charge is 0.492 e. The molecule has 6 nitrogen and oxygen atoms in total. The minimum Gasteiger partial charge on any atom is -0.492 e. The van der Waals surface area contributed by atoms with Crippen molar-refractivity contribution >= 4 is 11.8 Å². The van der Waals surface area contributed by atoms with Crippen LogP contribution in [0.25, 0.3) is 0 Å². The van der Waals surface area contributed by atoms with E-state index in [0.29, 0.717) is 32.0 Å². The van der Waals surface area contributed by atoms with Gasteiger partial charge in [0.2, 0.25) is 11.8 Å². The van der Waals surface area contributed by atoms with E-state index in [-0.39, 0.29) is 36.9 Å². The minimum atomic E-state index is -4.75. The molecular formula is C31H38F3N3O3. The van der Waals surface area contributed by atoms with E-state index in [9.17, 15) is 22.8 Å². The van der Waals surface area contributed by atoms with Gasteiger partial charge in [-0.3, -0.25) is 9.59 Å². The Bertz CT molecular complexity index is 1210. The lowest BCUT2D eigenvalue weighted by Gasteiger charge is -2.50. The van der Waals surface area contributed by atoms with Gasteiger partial charge in [-0.05, 0) is 68.8 Å². The summed E-state index contributed by atoms with van der Waals surface area (Å²) in [5, 5.41) is 3.00. The molecule has 9 heteroatoms. The predicted octanol–water partition coefficient (Wildman–Crippen LogP) is 4.89. The van der Waals surface area contributed by atoms with Crippen molar-refractivity contribution in [2.24, 2.45) is 5.41 Å². The van der Waals surface area contributed by atoms with E-state index >= 15 is 0 Å². The van der Waals surface area contributed by atoms with Crippen LogP contribution in [0.1, 0.15) is 56.1 Å². The molecule has 1 N–H and O–H groups in total. The first-order valence-corrected chi connectivity index (χ1v) is 14.2. The molecule has 3 aliphatic rings. The summed E-state index contributed by atoms with van der Waals surface area (Å²) in [6, 6.07) is 15.6. The van der Waals surface area contributed by atoms with Crippen LogP contribution in [-0.4, -0.2) is 73.7 Å². The molecule has 0 radical (unpaired) electrons. The monoisotopic (exact) mass is 557 g/mol. The van der Waals surface area contributed by atoms with Crippen LogP contribution in [0.3, 0.4) is 0 Å². The van der Waals surface area contributed by atoms with E-state index in [1.807, 2.05) is 24.3 Å². The highest BCUT2D eigenvalue weighted by atomic mass is 19.4. The Kier molecular flexibility index (Phi) is 7.88. The third-order valence-electron chi connectivity index (χ3n) is 9.54. The van der Waals surface area contributed by atoms with Gasteiger partial charge in [0.1, 0.15) is 12.4 Å². The molecule has 0 bridgehead atoms. The molecule has 1 spiro atoms. The number of piperidine rings is 2. The van der Waals surface area contributed by atoms with Crippen molar-refractivity contribution in [3.8, 4) is 5.75 Å². The van der Waals surface area contributed by atoms with Gasteiger partial charge >= 0.3 is 6.18 Å². The Hall–Kier alpha value is -3.07. The summed E-state index contributed by atoms with van der Waals surface area (Å²) in [5.74, 6) is -0.285. The highest BCUT2D eigenvalue weighted by Gasteiger charge is 2.60. The molecule has 5 rings (SSSR count). The van der Waals surface area contributed by atoms with Crippen LogP contribution in [0.5, 0.6) is 5.75 Å². The Morgan fingerprint density at radius 3 is 2.38 bits per heavy atom. The molecule has 3 saturated heterocycles. The second-order valence-electron chi connectivity index (χ2n) is 11.8. The van der Waals surface area contributed by atoms with Crippen LogP contribution in [0.2, 0.25) is 0 Å². The molecule has 216 valence electrons. The first kappa shape index (κ1) is 28.5. The summed E-state index contributed by atoms with van der Waals surface area (Å²) in [5.41, 5.74) is -2.17. The van der Waals surface area contributed by atoms with E-state index in [2.05, 4.69) is 17.3 Å². The van der Waals surface area contributed by atoms with E-state index in [0.717, 1.165) is 37.6 Å². The van der Waals surface area contributed by atoms with Gasteiger partial charge < -0.3 is 19.9 Å². The normalized spacial score (nSPS) is 24.9. The van der Waals surface area contributed by atoms with Crippen molar-refractivity contribution in [3.63, 3.8) is 0 Å². The van der Waals surface area contributed by atoms with Crippen molar-refractivity contribution in [1.82, 2.24) is 15.1 Å². The Labute approximate surface area is 233 Å². The minimum absolute atomic E-state index is 0.0635. The fourth-order valence-electron chi connectivity index (χ4n) is 6.83. The quantitative estimate of drug-likeness (QED) is 0.550. The van der Waals surface area contributed by atoms with E-state index in [4.69, 9.17) is 4.74 Å². The number of likely N-dealkylation sites (N-methyl/N-ethyl adjacent to an activating group) is 1. The topological polar surface area (TPSA) is 61.9 Å². The highest BCUT2D eigenvalue weighted by Crippen LogP contribution is 2.51. The van der Waals surface area contributed by atoms with Crippen LogP contribution in [-0.2, 0) is 15.0 Å². The van der Waals surface area contributed by atoms with Crippen molar-refractivity contribution < 1.29 is 27.5 Å². The van der Waals surface area contributed by atoms with Crippen molar-refractivity contribution in [2.45, 2.75) is 62.6 Å². The number of nitrogens with one attached hydrogen (secondary N) is 1. The van der Waals surface area contributed by atoms with Gasteiger partial charge in [0, 0.05) is 38.0 Å². The maximum atomic E-state index is 14.4. The van der Waals surface area contributed by atoms with Crippen LogP contribution in [0.4, 0.5) is 13.2 Å². The van der Waals surface area contributed by atoms with Gasteiger partial charge in [-0.2, -0.15) is 13.2 Å². The van der Waals surface area contributed by atoms with Gasteiger partial charge in [-0.1, -0.05) is 48.5 Å². The fraction of sp³-hybridized carbons (Fsp3) is 0.548. The smallest absolute Gasteiger partial charge is 0.406 e. The van der Waals surface area contributed by atoms with E-state index in [1.54, 1.807) is 6.07 Å². The molecule has 2 aromatic rings. The van der Waals surface area contributed by atoms with Crippen LogP contribution < -0.4 is 10.1 Å². The summed E-state index contributed by atoms with van der Waals surface area (Å²) >= 11 is 0. The molecule has 2 amide bonds. The number of para-hydroxylation sites is 1. The third-order valence-corrected chi connectivity index (χ3v) is 9.54. The lowest BCUT2D eigenvalue weighted by Crippen LogP contribution is -2.58. The third kappa shape index (κ3) is 5.20. The fourth-order valence-corrected chi connectivity index (χ4v) is 6.83. The van der Waals surface area contributed by atoms with Crippen LogP contribution in [0, 0.1) is 5.41 Å². The molecule has 0 aliphatic carbocycles. The maximum absolute atomic E-state index is 14.4. The molecule has 3 fully saturated rings. The molecule has 0 aromatic heterocycles. The number of amides is 2. The Morgan fingerprint density at radius 2 is 1.73 bits per heavy atom. The van der Waals surface area contributed by atoms with Crippen molar-refractivity contribution in [1.29, 1.82) is 0 Å². The molecule has 3 aliphatic heterocycles. The van der Waals surface area contributed by atoms with Gasteiger partial charge in [0.15, 0.2) is 5.41 Å². The number of carbonyl (C=O) groups excluding carboxylic acids is 2. The SMILES string of the molecule is CN1CCCC1COc1ccccc1C1CNC(=O)CC12CCN(C(=O)[C@](C)(c1ccccc1)C(F)(F)F)CC2. The molecule has 2 unspecified atom stereocenters. The lowest BCUT2D eigenvalue weighted by molar-refractivity contribution is -0.198. The molecular weight excluding hydrogens is 519 g/mol. The van der Waals surface area contributed by atoms with Gasteiger partial charge in [0.05, 0.1) is 0 Å². The number of benzene rings is 2. The summed E-state index contributed by atoms with van der Waals surface area (Å²) < 4.78 is 49.6. The number of hydrogen-bond acceptors (Lipinski definition) is 4. The second-order valence-corrected chi connectivity index (χ2v) is 11.8. The maximum Gasteiger partial charge on any atom is 0.406 e. The number of alkyl halides is 3. The van der Waals surface area contributed by atoms with Gasteiger partial charge in [-0.15, -0.1) is 0 Å². The number of halogens is 3. The van der Waals surface area contributed by atoms with Crippen molar-refractivity contribution in [3.05, 3.63) is 65.7 Å². The number of nitrogens with zero attached hydrogens (tertiary/aromatic N) is 2. The predicted molar refractivity (Wildman–Crippen MR) is 146 cm³/mol. The zero-order valence-corrected chi connectivity index (χ0v) is 23.2. The average Bonchev–Trinajstić information content (AvgIpc) is 3.36. The molecule has 3 atom stereocenters. The second kappa shape index (κ2) is 11.1. The number of hydrogen-bond donors (Lipinski definition) is 1. The number of likely N-dealkylation sites (tertiary alicyclic amines) is 2. The summed E-state index contributed by atoms with van der Waals surface area (Å²) in [6.07, 6.45) is -1.35. The Balaban J connectivity index is 1.37. The highest BCUT2D eigenvalue weighted by molar-refractivity contribution is 5.89. The van der Waals surface area contributed by atoms with Gasteiger partial charge in [0.25, 0.3) is 0 Å². The van der Waals surface area contributed by atoms with Gasteiger partial charge in [-0.25, -0.2) is 0 Å². The van der Waals surface area contributed by atoms with E-state index in [1.165, 1.54) is 29.2 Å². The molecule has 40 heavy (non-hydrogen) atoms. The zero-order valence-electron chi connectivity index (χ0n) is 23.2. The standard InChI is InChI=1S/C31H38F3N3O3/c1-29(31(32,33)34,22-9-4-3-5-10-22)28(39)37-17-14-30(15-18-37)19-27(38)35-20-25(30)24-12-6-7-13-26(24)40-21-23-11-8-16-36(23)2/h3-7,9-10,12-13,23,25H,8,11,14-21H2,1-2H3,(H,35,38)/t23?,25?,29-/m0/s1. The number of rotatable bonds is 6. The van der Waals surface area contributed by atoms with Crippen LogP contribution >= 0.6 is 0 Å². The molecule has 0 saturated carbocycles. The number of carbonyl (C=O) groups is 2. The first-order valence-electron chi connectivity index (χ1n) is 14.2. The Morgan fingerprint density at radius 1 is 1.05 bits per heavy atom. The van der Waals surface area contributed by atoms with Crippen LogP contribution in [0.15, 0.2) is 54.6 Å². The summed E-state index contributed by atoms with van der Waals surface area (Å²) in [4.78, 5) is 29.8. The molecule has 2 aromatic carbocycles. The zero-order chi connectivity index (χ0) is 28.5. The summed E-state index contributed by atoms with van der Waals surface area (Å²) in [6.45, 7) is 3.37. The average molecular weight is 558 g/mol. The first-order chi connectivity index (χ1) is 19.0. The number of ether oxygens (including phenoxy) is 1.